The summed E-state index contributed by atoms with van der Waals surface area (Å²) in [6.07, 6.45) is -2.03. The Balaban J connectivity index is 2.89. The number of rotatable bonds is 4. The second kappa shape index (κ2) is 5.52. The van der Waals surface area contributed by atoms with E-state index in [-0.39, 0.29) is 23.9 Å². The fourth-order valence-corrected chi connectivity index (χ4v) is 1.24. The predicted octanol–water partition coefficient (Wildman–Crippen LogP) is 0.960. The molecule has 100 valence electrons. The average Bonchev–Trinajstić information content (AvgIpc) is 2.34. The number of hydrogen-bond donors (Lipinski definition) is 2. The zero-order chi connectivity index (χ0) is 13.8. The van der Waals surface area contributed by atoms with E-state index in [1.807, 2.05) is 0 Å². The molecule has 1 heterocycles. The van der Waals surface area contributed by atoms with Crippen molar-refractivity contribution in [2.45, 2.75) is 13.1 Å². The van der Waals surface area contributed by atoms with E-state index in [1.54, 1.807) is 6.92 Å². The standard InChI is InChI=1S/C9H12F3N5O/c1-2-17(5-9(10,11)12)7-4-14-6(3-15-7)8(13)16-18/h3-4,18H,2,5H2,1H3,(H2,13,16). The molecule has 18 heavy (non-hydrogen) atoms. The van der Waals surface area contributed by atoms with Gasteiger partial charge < -0.3 is 15.8 Å². The number of anilines is 1. The number of oxime groups is 1. The maximum atomic E-state index is 12.3. The third-order valence-corrected chi connectivity index (χ3v) is 2.08. The number of amidine groups is 1. The highest BCUT2D eigenvalue weighted by atomic mass is 19.4. The lowest BCUT2D eigenvalue weighted by Crippen LogP contribution is -2.34. The second-order valence-corrected chi connectivity index (χ2v) is 3.37. The van der Waals surface area contributed by atoms with E-state index in [0.29, 0.717) is 0 Å². The van der Waals surface area contributed by atoms with Crippen molar-refractivity contribution in [1.29, 1.82) is 0 Å². The first kappa shape index (κ1) is 14.0. The molecule has 0 atom stereocenters. The summed E-state index contributed by atoms with van der Waals surface area (Å²) in [7, 11) is 0. The van der Waals surface area contributed by atoms with E-state index in [9.17, 15) is 13.2 Å². The molecule has 1 aromatic heterocycles. The zero-order valence-electron chi connectivity index (χ0n) is 9.52. The Morgan fingerprint density at radius 2 is 2.11 bits per heavy atom. The lowest BCUT2D eigenvalue weighted by molar-refractivity contribution is -0.119. The van der Waals surface area contributed by atoms with Crippen molar-refractivity contribution in [1.82, 2.24) is 9.97 Å². The van der Waals surface area contributed by atoms with Gasteiger partial charge in [0.15, 0.2) is 5.84 Å². The van der Waals surface area contributed by atoms with Crippen LogP contribution in [0.2, 0.25) is 0 Å². The molecule has 0 aliphatic carbocycles. The minimum Gasteiger partial charge on any atom is -0.409 e. The largest absolute Gasteiger partial charge is 0.409 e. The van der Waals surface area contributed by atoms with Crippen LogP contribution < -0.4 is 10.6 Å². The second-order valence-electron chi connectivity index (χ2n) is 3.37. The van der Waals surface area contributed by atoms with Crippen molar-refractivity contribution in [2.24, 2.45) is 10.9 Å². The van der Waals surface area contributed by atoms with E-state index in [1.165, 1.54) is 0 Å². The van der Waals surface area contributed by atoms with Crippen molar-refractivity contribution in [3.63, 3.8) is 0 Å². The van der Waals surface area contributed by atoms with Gasteiger partial charge in [0, 0.05) is 6.54 Å². The Morgan fingerprint density at radius 1 is 1.44 bits per heavy atom. The van der Waals surface area contributed by atoms with Crippen molar-refractivity contribution < 1.29 is 18.4 Å². The molecular formula is C9H12F3N5O. The molecule has 0 unspecified atom stereocenters. The highest BCUT2D eigenvalue weighted by Crippen LogP contribution is 2.19. The highest BCUT2D eigenvalue weighted by Gasteiger charge is 2.30. The van der Waals surface area contributed by atoms with Crippen molar-refractivity contribution in [2.75, 3.05) is 18.0 Å². The van der Waals surface area contributed by atoms with E-state index in [4.69, 9.17) is 10.9 Å². The van der Waals surface area contributed by atoms with Crippen LogP contribution in [0.1, 0.15) is 12.6 Å². The summed E-state index contributed by atoms with van der Waals surface area (Å²) in [4.78, 5) is 8.57. The Labute approximate surface area is 101 Å². The van der Waals surface area contributed by atoms with Gasteiger partial charge in [-0.3, -0.25) is 0 Å². The zero-order valence-corrected chi connectivity index (χ0v) is 9.52. The molecule has 0 aromatic carbocycles. The SMILES string of the molecule is CCN(CC(F)(F)F)c1cnc(C(N)=NO)cn1. The predicted molar refractivity (Wildman–Crippen MR) is 58.5 cm³/mol. The number of hydrogen-bond acceptors (Lipinski definition) is 5. The van der Waals surface area contributed by atoms with Gasteiger partial charge in [0.1, 0.15) is 18.1 Å². The van der Waals surface area contributed by atoms with E-state index < -0.39 is 12.7 Å². The molecule has 0 saturated carbocycles. The minimum atomic E-state index is -4.32. The van der Waals surface area contributed by atoms with Gasteiger partial charge in [0.25, 0.3) is 0 Å². The van der Waals surface area contributed by atoms with Gasteiger partial charge in [0.05, 0.1) is 12.4 Å². The van der Waals surface area contributed by atoms with Crippen molar-refractivity contribution >= 4 is 11.7 Å². The molecular weight excluding hydrogens is 251 g/mol. The lowest BCUT2D eigenvalue weighted by Gasteiger charge is -2.22. The summed E-state index contributed by atoms with van der Waals surface area (Å²) in [5.41, 5.74) is 5.35. The van der Waals surface area contributed by atoms with Crippen LogP contribution >= 0.6 is 0 Å². The van der Waals surface area contributed by atoms with Crippen LogP contribution in [0.25, 0.3) is 0 Å². The lowest BCUT2D eigenvalue weighted by atomic mass is 10.4. The Bertz CT molecular complexity index is 417. The van der Waals surface area contributed by atoms with Crippen LogP contribution in [0.4, 0.5) is 19.0 Å². The topological polar surface area (TPSA) is 87.6 Å². The monoisotopic (exact) mass is 263 g/mol. The van der Waals surface area contributed by atoms with Crippen LogP contribution in [0.15, 0.2) is 17.5 Å². The maximum absolute atomic E-state index is 12.3. The fraction of sp³-hybridized carbons (Fsp3) is 0.444. The van der Waals surface area contributed by atoms with Gasteiger partial charge in [-0.25, -0.2) is 9.97 Å². The molecule has 0 amide bonds. The summed E-state index contributed by atoms with van der Waals surface area (Å²) in [6.45, 7) is 0.600. The van der Waals surface area contributed by atoms with Crippen LogP contribution in [0.5, 0.6) is 0 Å². The summed E-state index contributed by atoms with van der Waals surface area (Å²) in [5, 5.41) is 11.1. The number of nitrogens with two attached hydrogens (primary N) is 1. The molecule has 6 nitrogen and oxygen atoms in total. The number of aromatic nitrogens is 2. The third-order valence-electron chi connectivity index (χ3n) is 2.08. The number of alkyl halides is 3. The quantitative estimate of drug-likeness (QED) is 0.365. The van der Waals surface area contributed by atoms with Gasteiger partial charge >= 0.3 is 6.18 Å². The van der Waals surface area contributed by atoms with Crippen LogP contribution in [-0.2, 0) is 0 Å². The molecule has 0 radical (unpaired) electrons. The van der Waals surface area contributed by atoms with E-state index >= 15 is 0 Å². The maximum Gasteiger partial charge on any atom is 0.405 e. The summed E-state index contributed by atoms with van der Waals surface area (Å²) in [5.74, 6) is -0.183. The Morgan fingerprint density at radius 3 is 2.50 bits per heavy atom. The normalized spacial score (nSPS) is 12.6. The molecule has 0 aliphatic rings. The van der Waals surface area contributed by atoms with Gasteiger partial charge in [-0.1, -0.05) is 5.16 Å². The van der Waals surface area contributed by atoms with E-state index in [0.717, 1.165) is 17.3 Å². The summed E-state index contributed by atoms with van der Waals surface area (Å²) < 4.78 is 36.8. The molecule has 3 N–H and O–H groups in total. The first-order chi connectivity index (χ1) is 8.37. The first-order valence-corrected chi connectivity index (χ1v) is 4.99. The highest BCUT2D eigenvalue weighted by molar-refractivity contribution is 5.94. The molecule has 1 rings (SSSR count). The molecule has 0 fully saturated rings. The average molecular weight is 263 g/mol. The molecule has 0 spiro atoms. The fourth-order valence-electron chi connectivity index (χ4n) is 1.24. The van der Waals surface area contributed by atoms with Gasteiger partial charge in [-0.2, -0.15) is 13.2 Å². The Hall–Kier alpha value is -2.06. The van der Waals surface area contributed by atoms with Crippen molar-refractivity contribution in [3.05, 3.63) is 18.1 Å². The minimum absolute atomic E-state index is 0.0734. The number of halogens is 3. The van der Waals surface area contributed by atoms with Crippen LogP contribution in [0, 0.1) is 0 Å². The molecule has 0 bridgehead atoms. The molecule has 1 aromatic rings. The summed E-state index contributed by atoms with van der Waals surface area (Å²) >= 11 is 0. The third kappa shape index (κ3) is 3.75. The molecule has 0 aliphatic heterocycles. The Kier molecular flexibility index (Phi) is 4.29. The van der Waals surface area contributed by atoms with Gasteiger partial charge in [-0.05, 0) is 6.92 Å². The van der Waals surface area contributed by atoms with Crippen LogP contribution in [0.3, 0.4) is 0 Å². The first-order valence-electron chi connectivity index (χ1n) is 4.99. The number of nitrogens with zero attached hydrogens (tertiary/aromatic N) is 4. The molecule has 0 saturated heterocycles. The van der Waals surface area contributed by atoms with Crippen LogP contribution in [-0.4, -0.2) is 40.3 Å². The summed E-state index contributed by atoms with van der Waals surface area (Å²) in [6, 6.07) is 0. The smallest absolute Gasteiger partial charge is 0.405 e. The van der Waals surface area contributed by atoms with Crippen molar-refractivity contribution in [3.8, 4) is 0 Å². The van der Waals surface area contributed by atoms with Gasteiger partial charge in [0.2, 0.25) is 0 Å². The molecule has 9 heteroatoms. The van der Waals surface area contributed by atoms with Gasteiger partial charge in [-0.15, -0.1) is 0 Å². The van der Waals surface area contributed by atoms with E-state index in [2.05, 4.69) is 15.1 Å².